The molecule has 0 saturated heterocycles. The summed E-state index contributed by atoms with van der Waals surface area (Å²) in [5, 5.41) is 7.78. The largest absolute Gasteiger partial charge is 0.308 e. The molecule has 96 valence electrons. The monoisotopic (exact) mass is 331 g/mol. The van der Waals surface area contributed by atoms with Gasteiger partial charge in [0.2, 0.25) is 0 Å². The molecule has 3 nitrogen and oxygen atoms in total. The topological polar surface area (TPSA) is 29.9 Å². The predicted octanol–water partition coefficient (Wildman–Crippen LogP) is 3.28. The van der Waals surface area contributed by atoms with Gasteiger partial charge in [-0.15, -0.1) is 0 Å². The molecule has 0 bridgehead atoms. The number of benzene rings is 1. The molecule has 0 saturated carbocycles. The first-order chi connectivity index (χ1) is 8.54. The fourth-order valence-electron chi connectivity index (χ4n) is 1.92. The third kappa shape index (κ3) is 2.43. The van der Waals surface area contributed by atoms with E-state index in [2.05, 4.69) is 26.3 Å². The minimum Gasteiger partial charge on any atom is -0.308 e. The number of aromatic nitrogens is 2. The Hall–Kier alpha value is -0.910. The van der Waals surface area contributed by atoms with Gasteiger partial charge < -0.3 is 5.32 Å². The van der Waals surface area contributed by atoms with Crippen LogP contribution in [0.5, 0.6) is 0 Å². The second-order valence-corrected chi connectivity index (χ2v) is 5.15. The van der Waals surface area contributed by atoms with Gasteiger partial charge in [0.15, 0.2) is 0 Å². The molecule has 2 aromatic rings. The van der Waals surface area contributed by atoms with Crippen LogP contribution in [0, 0.1) is 5.82 Å². The van der Waals surface area contributed by atoms with Crippen LogP contribution in [-0.2, 0) is 7.05 Å². The summed E-state index contributed by atoms with van der Waals surface area (Å²) in [5.74, 6) is -0.285. The average molecular weight is 333 g/mol. The molecular weight excluding hydrogens is 321 g/mol. The van der Waals surface area contributed by atoms with Crippen molar-refractivity contribution in [3.63, 3.8) is 0 Å². The van der Waals surface area contributed by atoms with E-state index in [1.807, 2.05) is 0 Å². The predicted molar refractivity (Wildman–Crippen MR) is 73.2 cm³/mol. The minimum atomic E-state index is -0.285. The fourth-order valence-corrected chi connectivity index (χ4v) is 2.67. The number of hydrogen-bond donors (Lipinski definition) is 1. The number of aryl methyl sites for hydroxylation is 1. The van der Waals surface area contributed by atoms with Crippen LogP contribution in [0.4, 0.5) is 4.39 Å². The van der Waals surface area contributed by atoms with E-state index in [1.165, 1.54) is 12.1 Å². The van der Waals surface area contributed by atoms with Gasteiger partial charge in [0, 0.05) is 11.5 Å². The highest BCUT2D eigenvalue weighted by Gasteiger charge is 2.21. The van der Waals surface area contributed by atoms with Crippen molar-refractivity contribution in [3.8, 4) is 0 Å². The van der Waals surface area contributed by atoms with Crippen LogP contribution in [0.2, 0.25) is 5.02 Å². The summed E-state index contributed by atoms with van der Waals surface area (Å²) in [6, 6.07) is 4.34. The smallest absolute Gasteiger partial charge is 0.123 e. The molecule has 1 aromatic carbocycles. The maximum atomic E-state index is 13.4. The third-order valence-corrected chi connectivity index (χ3v) is 3.78. The summed E-state index contributed by atoms with van der Waals surface area (Å²) in [4.78, 5) is 0. The molecule has 6 heteroatoms. The Morgan fingerprint density at radius 1 is 1.50 bits per heavy atom. The minimum absolute atomic E-state index is 0.227. The van der Waals surface area contributed by atoms with Crippen LogP contribution in [-0.4, -0.2) is 16.8 Å². The van der Waals surface area contributed by atoms with Crippen LogP contribution < -0.4 is 5.32 Å². The Balaban J connectivity index is 2.55. The van der Waals surface area contributed by atoms with E-state index in [4.69, 9.17) is 11.6 Å². The van der Waals surface area contributed by atoms with E-state index in [9.17, 15) is 4.39 Å². The second kappa shape index (κ2) is 5.38. The number of nitrogens with zero attached hydrogens (tertiary/aromatic N) is 2. The standard InChI is InChI=1S/C12H12BrClFN3/c1-16-11(12-10(14)6-17-18(12)2)8-5-7(15)3-4-9(8)13/h3-6,11,16H,1-2H3. The maximum Gasteiger partial charge on any atom is 0.123 e. The third-order valence-electron chi connectivity index (χ3n) is 2.77. The quantitative estimate of drug-likeness (QED) is 0.935. The highest BCUT2D eigenvalue weighted by molar-refractivity contribution is 9.10. The molecule has 1 aromatic heterocycles. The first-order valence-corrected chi connectivity index (χ1v) is 6.51. The van der Waals surface area contributed by atoms with E-state index in [1.54, 1.807) is 31.0 Å². The Kier molecular flexibility index (Phi) is 4.04. The Morgan fingerprint density at radius 2 is 2.22 bits per heavy atom. The van der Waals surface area contributed by atoms with Gasteiger partial charge in [-0.05, 0) is 30.8 Å². The van der Waals surface area contributed by atoms with Crippen LogP contribution >= 0.6 is 27.5 Å². The van der Waals surface area contributed by atoms with Crippen molar-refractivity contribution in [1.29, 1.82) is 0 Å². The molecule has 0 radical (unpaired) electrons. The Morgan fingerprint density at radius 3 is 2.78 bits per heavy atom. The molecule has 1 N–H and O–H groups in total. The summed E-state index contributed by atoms with van der Waals surface area (Å²) >= 11 is 9.56. The zero-order valence-electron chi connectivity index (χ0n) is 9.92. The zero-order valence-corrected chi connectivity index (χ0v) is 12.3. The normalized spacial score (nSPS) is 12.7. The molecule has 0 amide bonds. The molecule has 0 spiro atoms. The number of hydrogen-bond acceptors (Lipinski definition) is 2. The highest BCUT2D eigenvalue weighted by Crippen LogP contribution is 2.32. The molecule has 18 heavy (non-hydrogen) atoms. The molecule has 0 aliphatic rings. The Labute approximate surface area is 118 Å². The first kappa shape index (κ1) is 13.5. The van der Waals surface area contributed by atoms with Crippen molar-refractivity contribution in [2.75, 3.05) is 7.05 Å². The van der Waals surface area contributed by atoms with E-state index in [0.717, 1.165) is 15.7 Å². The van der Waals surface area contributed by atoms with Crippen molar-refractivity contribution in [2.45, 2.75) is 6.04 Å². The fraction of sp³-hybridized carbons (Fsp3) is 0.250. The molecule has 1 heterocycles. The Bertz CT molecular complexity index is 551. The molecule has 0 aliphatic heterocycles. The highest BCUT2D eigenvalue weighted by atomic mass is 79.9. The lowest BCUT2D eigenvalue weighted by Gasteiger charge is -2.19. The molecule has 1 atom stereocenters. The molecule has 1 unspecified atom stereocenters. The van der Waals surface area contributed by atoms with E-state index in [-0.39, 0.29) is 11.9 Å². The van der Waals surface area contributed by atoms with Gasteiger partial charge in [-0.25, -0.2) is 4.39 Å². The van der Waals surface area contributed by atoms with Gasteiger partial charge in [-0.3, -0.25) is 4.68 Å². The molecule has 0 aliphatic carbocycles. The maximum absolute atomic E-state index is 13.4. The van der Waals surface area contributed by atoms with Crippen molar-refractivity contribution in [3.05, 3.63) is 51.0 Å². The lowest BCUT2D eigenvalue weighted by atomic mass is 10.0. The van der Waals surface area contributed by atoms with Crippen molar-refractivity contribution >= 4 is 27.5 Å². The summed E-state index contributed by atoms with van der Waals surface area (Å²) in [7, 11) is 3.60. The lowest BCUT2D eigenvalue weighted by Crippen LogP contribution is -2.21. The second-order valence-electron chi connectivity index (χ2n) is 3.89. The SMILES string of the molecule is CNC(c1cc(F)ccc1Br)c1c(Cl)cnn1C. The zero-order chi connectivity index (χ0) is 13.3. The van der Waals surface area contributed by atoms with Crippen LogP contribution in [0.25, 0.3) is 0 Å². The molecular formula is C12H12BrClFN3. The van der Waals surface area contributed by atoms with E-state index < -0.39 is 0 Å². The van der Waals surface area contributed by atoms with Crippen molar-refractivity contribution in [2.24, 2.45) is 7.05 Å². The van der Waals surface area contributed by atoms with Crippen LogP contribution in [0.15, 0.2) is 28.9 Å². The lowest BCUT2D eigenvalue weighted by molar-refractivity contribution is 0.589. The molecule has 2 rings (SSSR count). The van der Waals surface area contributed by atoms with Crippen molar-refractivity contribution in [1.82, 2.24) is 15.1 Å². The first-order valence-electron chi connectivity index (χ1n) is 5.34. The van der Waals surface area contributed by atoms with Crippen LogP contribution in [0.1, 0.15) is 17.3 Å². The van der Waals surface area contributed by atoms with Gasteiger partial charge in [-0.1, -0.05) is 27.5 Å². The van der Waals surface area contributed by atoms with Gasteiger partial charge in [0.05, 0.1) is 23.0 Å². The summed E-state index contributed by atoms with van der Waals surface area (Å²) in [5.41, 5.74) is 1.58. The van der Waals surface area contributed by atoms with Gasteiger partial charge in [0.25, 0.3) is 0 Å². The number of nitrogens with one attached hydrogen (secondary N) is 1. The molecule has 0 fully saturated rings. The number of rotatable bonds is 3. The summed E-state index contributed by atoms with van der Waals surface area (Å²) in [6.45, 7) is 0. The van der Waals surface area contributed by atoms with Gasteiger partial charge in [-0.2, -0.15) is 5.10 Å². The van der Waals surface area contributed by atoms with Gasteiger partial charge >= 0.3 is 0 Å². The van der Waals surface area contributed by atoms with Crippen LogP contribution in [0.3, 0.4) is 0 Å². The summed E-state index contributed by atoms with van der Waals surface area (Å²) in [6.07, 6.45) is 1.58. The summed E-state index contributed by atoms with van der Waals surface area (Å²) < 4.78 is 15.9. The van der Waals surface area contributed by atoms with Gasteiger partial charge in [0.1, 0.15) is 5.82 Å². The van der Waals surface area contributed by atoms with Crippen molar-refractivity contribution < 1.29 is 4.39 Å². The van der Waals surface area contributed by atoms with E-state index >= 15 is 0 Å². The average Bonchev–Trinajstić information content (AvgIpc) is 2.66. The van der Waals surface area contributed by atoms with E-state index in [0.29, 0.717) is 5.02 Å². The number of halogens is 3.